The predicted molar refractivity (Wildman–Crippen MR) is 56.1 cm³/mol. The molecular weight excluding hydrogens is 209 g/mol. The van der Waals surface area contributed by atoms with Gasteiger partial charge in [-0.15, -0.1) is 0 Å². The largest absolute Gasteiger partial charge is 0.460 e. The zero-order valence-corrected chi connectivity index (χ0v) is 8.57. The Morgan fingerprint density at radius 2 is 2.06 bits per heavy atom. The zero-order valence-electron chi connectivity index (χ0n) is 8.57. The van der Waals surface area contributed by atoms with Crippen LogP contribution in [0.1, 0.15) is 11.1 Å². The van der Waals surface area contributed by atoms with Crippen LogP contribution in [-0.2, 0) is 16.0 Å². The Kier molecular flexibility index (Phi) is 4.22. The van der Waals surface area contributed by atoms with Crippen LogP contribution in [0.5, 0.6) is 0 Å². The maximum atomic E-state index is 12.2. The average Bonchev–Trinajstić information content (AvgIpc) is 2.29. The van der Waals surface area contributed by atoms with Gasteiger partial charge in [0, 0.05) is 6.42 Å². The Morgan fingerprint density at radius 3 is 2.56 bits per heavy atom. The monoisotopic (exact) mass is 219 g/mol. The standard InChI is InChI=1S/C12H10FNO2/c1-9(13)12(15)16-7-6-10-2-4-11(8-14)5-3-10/h2-5H,1,6-7H2. The number of hydrogen-bond donors (Lipinski definition) is 0. The van der Waals surface area contributed by atoms with Gasteiger partial charge in [0.2, 0.25) is 5.83 Å². The summed E-state index contributed by atoms with van der Waals surface area (Å²) in [4.78, 5) is 10.7. The molecule has 0 amide bonds. The minimum atomic E-state index is -1.10. The second-order valence-electron chi connectivity index (χ2n) is 3.10. The Morgan fingerprint density at radius 1 is 1.44 bits per heavy atom. The number of hydrogen-bond acceptors (Lipinski definition) is 3. The molecule has 0 heterocycles. The van der Waals surface area contributed by atoms with Crippen molar-refractivity contribution in [2.45, 2.75) is 6.42 Å². The van der Waals surface area contributed by atoms with Crippen molar-refractivity contribution in [1.82, 2.24) is 0 Å². The topological polar surface area (TPSA) is 50.1 Å². The summed E-state index contributed by atoms with van der Waals surface area (Å²) < 4.78 is 16.8. The van der Waals surface area contributed by atoms with Gasteiger partial charge in [0.05, 0.1) is 18.2 Å². The lowest BCUT2D eigenvalue weighted by Gasteiger charge is -2.03. The Bertz CT molecular complexity index is 431. The number of carbonyl (C=O) groups excluding carboxylic acids is 1. The summed E-state index contributed by atoms with van der Waals surface area (Å²) in [6.45, 7) is 2.92. The third-order valence-electron chi connectivity index (χ3n) is 1.93. The number of carbonyl (C=O) groups is 1. The highest BCUT2D eigenvalue weighted by Gasteiger charge is 2.06. The molecule has 82 valence electrons. The number of esters is 1. The molecule has 0 N–H and O–H groups in total. The van der Waals surface area contributed by atoms with E-state index in [1.807, 2.05) is 6.07 Å². The molecule has 0 saturated carbocycles. The van der Waals surface area contributed by atoms with E-state index in [1.165, 1.54) is 0 Å². The number of benzene rings is 1. The smallest absolute Gasteiger partial charge is 0.366 e. The second kappa shape index (κ2) is 5.66. The van der Waals surface area contributed by atoms with Crippen molar-refractivity contribution in [3.05, 3.63) is 47.8 Å². The molecular formula is C12H10FNO2. The van der Waals surface area contributed by atoms with Gasteiger partial charge in [-0.25, -0.2) is 4.79 Å². The van der Waals surface area contributed by atoms with Crippen LogP contribution >= 0.6 is 0 Å². The number of nitriles is 1. The van der Waals surface area contributed by atoms with Gasteiger partial charge in [0.15, 0.2) is 0 Å². The number of halogens is 1. The highest BCUT2D eigenvalue weighted by Crippen LogP contribution is 2.05. The van der Waals surface area contributed by atoms with Gasteiger partial charge in [-0.05, 0) is 17.7 Å². The number of rotatable bonds is 4. The summed E-state index contributed by atoms with van der Waals surface area (Å²) >= 11 is 0. The summed E-state index contributed by atoms with van der Waals surface area (Å²) in [5.41, 5.74) is 1.48. The molecule has 0 aliphatic heterocycles. The molecule has 0 unspecified atom stereocenters. The van der Waals surface area contributed by atoms with Gasteiger partial charge in [-0.1, -0.05) is 18.7 Å². The zero-order chi connectivity index (χ0) is 12.0. The van der Waals surface area contributed by atoms with E-state index < -0.39 is 11.8 Å². The van der Waals surface area contributed by atoms with Gasteiger partial charge in [-0.3, -0.25) is 0 Å². The summed E-state index contributed by atoms with van der Waals surface area (Å²) in [5.74, 6) is -2.13. The van der Waals surface area contributed by atoms with Crippen molar-refractivity contribution in [2.75, 3.05) is 6.61 Å². The van der Waals surface area contributed by atoms with Crippen LogP contribution in [0.3, 0.4) is 0 Å². The molecule has 0 atom stereocenters. The van der Waals surface area contributed by atoms with E-state index in [0.29, 0.717) is 12.0 Å². The molecule has 16 heavy (non-hydrogen) atoms. The van der Waals surface area contributed by atoms with Gasteiger partial charge < -0.3 is 4.74 Å². The Balaban J connectivity index is 2.41. The summed E-state index contributed by atoms with van der Waals surface area (Å²) in [5, 5.41) is 8.57. The first kappa shape index (κ1) is 11.9. The quantitative estimate of drug-likeness (QED) is 0.575. The van der Waals surface area contributed by atoms with Crippen LogP contribution in [0.4, 0.5) is 4.39 Å². The minimum absolute atomic E-state index is 0.0909. The van der Waals surface area contributed by atoms with Crippen molar-refractivity contribution in [1.29, 1.82) is 5.26 Å². The summed E-state index contributed by atoms with van der Waals surface area (Å²) in [7, 11) is 0. The Labute approximate surface area is 92.8 Å². The molecule has 3 nitrogen and oxygen atoms in total. The van der Waals surface area contributed by atoms with Gasteiger partial charge in [-0.2, -0.15) is 9.65 Å². The van der Waals surface area contributed by atoms with Gasteiger partial charge in [0.25, 0.3) is 0 Å². The third-order valence-corrected chi connectivity index (χ3v) is 1.93. The van der Waals surface area contributed by atoms with Crippen molar-refractivity contribution < 1.29 is 13.9 Å². The molecule has 4 heteroatoms. The molecule has 1 aromatic rings. The van der Waals surface area contributed by atoms with Crippen molar-refractivity contribution in [2.24, 2.45) is 0 Å². The lowest BCUT2D eigenvalue weighted by atomic mass is 10.1. The van der Waals surface area contributed by atoms with Gasteiger partial charge >= 0.3 is 5.97 Å². The molecule has 0 aromatic heterocycles. The van der Waals surface area contributed by atoms with Crippen molar-refractivity contribution in [3.63, 3.8) is 0 Å². The van der Waals surface area contributed by atoms with Gasteiger partial charge in [0.1, 0.15) is 0 Å². The molecule has 0 saturated heterocycles. The molecule has 0 fully saturated rings. The maximum absolute atomic E-state index is 12.2. The lowest BCUT2D eigenvalue weighted by molar-refractivity contribution is -0.140. The van der Waals surface area contributed by atoms with E-state index in [4.69, 9.17) is 5.26 Å². The normalized spacial score (nSPS) is 9.25. The van der Waals surface area contributed by atoms with E-state index in [1.54, 1.807) is 24.3 Å². The number of ether oxygens (including phenoxy) is 1. The minimum Gasteiger partial charge on any atom is -0.460 e. The molecule has 1 rings (SSSR count). The van der Waals surface area contributed by atoms with Crippen LogP contribution in [-0.4, -0.2) is 12.6 Å². The fourth-order valence-electron chi connectivity index (χ4n) is 1.09. The van der Waals surface area contributed by atoms with Crippen LogP contribution < -0.4 is 0 Å². The first-order chi connectivity index (χ1) is 7.63. The van der Waals surface area contributed by atoms with Crippen LogP contribution in [0, 0.1) is 11.3 Å². The van der Waals surface area contributed by atoms with E-state index >= 15 is 0 Å². The Hall–Kier alpha value is -2.15. The highest BCUT2D eigenvalue weighted by molar-refractivity contribution is 5.85. The summed E-state index contributed by atoms with van der Waals surface area (Å²) in [6.07, 6.45) is 0.477. The molecule has 0 spiro atoms. The van der Waals surface area contributed by atoms with Crippen LogP contribution in [0.25, 0.3) is 0 Å². The van der Waals surface area contributed by atoms with Crippen LogP contribution in [0.15, 0.2) is 36.7 Å². The predicted octanol–water partition coefficient (Wildman–Crippen LogP) is 2.13. The first-order valence-electron chi connectivity index (χ1n) is 4.64. The highest BCUT2D eigenvalue weighted by atomic mass is 19.1. The van der Waals surface area contributed by atoms with E-state index in [0.717, 1.165) is 5.56 Å². The molecule has 0 aliphatic carbocycles. The van der Waals surface area contributed by atoms with E-state index in [2.05, 4.69) is 11.3 Å². The van der Waals surface area contributed by atoms with Crippen molar-refractivity contribution in [3.8, 4) is 6.07 Å². The number of nitrogens with zero attached hydrogens (tertiary/aromatic N) is 1. The third kappa shape index (κ3) is 3.54. The SMILES string of the molecule is C=C(F)C(=O)OCCc1ccc(C#N)cc1. The maximum Gasteiger partial charge on any atom is 0.366 e. The molecule has 0 radical (unpaired) electrons. The lowest BCUT2D eigenvalue weighted by Crippen LogP contribution is -2.07. The fraction of sp³-hybridized carbons (Fsp3) is 0.167. The van der Waals surface area contributed by atoms with Crippen LogP contribution in [0.2, 0.25) is 0 Å². The van der Waals surface area contributed by atoms with Crippen molar-refractivity contribution >= 4 is 5.97 Å². The average molecular weight is 219 g/mol. The van der Waals surface area contributed by atoms with E-state index in [-0.39, 0.29) is 6.61 Å². The summed E-state index contributed by atoms with van der Waals surface area (Å²) in [6, 6.07) is 8.86. The molecule has 1 aromatic carbocycles. The first-order valence-corrected chi connectivity index (χ1v) is 4.64. The molecule has 0 aliphatic rings. The van der Waals surface area contributed by atoms with E-state index in [9.17, 15) is 9.18 Å². The molecule has 0 bridgehead atoms. The fourth-order valence-corrected chi connectivity index (χ4v) is 1.09. The second-order valence-corrected chi connectivity index (χ2v) is 3.10.